The van der Waals surface area contributed by atoms with Crippen molar-refractivity contribution < 1.29 is 4.74 Å². The van der Waals surface area contributed by atoms with Gasteiger partial charge in [-0.15, -0.1) is 0 Å². The molecule has 0 aliphatic carbocycles. The number of aryl methyl sites for hydroxylation is 2. The largest absolute Gasteiger partial charge is 0.484 e. The Morgan fingerprint density at radius 1 is 1.14 bits per heavy atom. The Morgan fingerprint density at radius 3 is 2.09 bits per heavy atom. The van der Waals surface area contributed by atoms with Crippen LogP contribution in [0.4, 0.5) is 5.69 Å². The van der Waals surface area contributed by atoms with Gasteiger partial charge in [-0.3, -0.25) is 5.41 Å². The van der Waals surface area contributed by atoms with Crippen molar-refractivity contribution in [3.8, 4) is 12.1 Å². The number of hydrogen-bond donors (Lipinski definition) is 1. The van der Waals surface area contributed by atoms with Crippen molar-refractivity contribution >= 4 is 12.1 Å². The average molecular weight is 300 g/mol. The molecule has 1 aromatic carbocycles. The van der Waals surface area contributed by atoms with E-state index in [0.717, 1.165) is 12.1 Å². The van der Waals surface area contributed by atoms with Gasteiger partial charge >= 0.3 is 0 Å². The molecule has 0 bridgehead atoms. The van der Waals surface area contributed by atoms with Crippen LogP contribution in [0.15, 0.2) is 18.2 Å². The van der Waals surface area contributed by atoms with Crippen molar-refractivity contribution in [3.63, 3.8) is 0 Å². The maximum atomic E-state index is 8.64. The quantitative estimate of drug-likeness (QED) is 0.616. The van der Waals surface area contributed by atoms with Crippen LogP contribution in [-0.2, 0) is 4.74 Å². The standard InChI is InChI=1S/C14H17N3.C3H7NO/c1-12-5-6-14(11-13(12)2)17(9-3-7-15)10-4-8-16;1-2-5-3-4/h5-6,11H,3-4,9-10H2,1-2H3;3-4H,2H2,1H3. The molecule has 0 aromatic heterocycles. The van der Waals surface area contributed by atoms with Crippen molar-refractivity contribution in [1.29, 1.82) is 15.9 Å². The van der Waals surface area contributed by atoms with Gasteiger partial charge in [-0.1, -0.05) is 6.07 Å². The van der Waals surface area contributed by atoms with E-state index in [1.807, 2.05) is 6.92 Å². The van der Waals surface area contributed by atoms with Gasteiger partial charge in [-0.05, 0) is 44.0 Å². The van der Waals surface area contributed by atoms with Gasteiger partial charge in [0.2, 0.25) is 0 Å². The van der Waals surface area contributed by atoms with Crippen molar-refractivity contribution in [2.75, 3.05) is 24.6 Å². The summed E-state index contributed by atoms with van der Waals surface area (Å²) in [5.41, 5.74) is 3.59. The minimum Gasteiger partial charge on any atom is -0.484 e. The first-order chi connectivity index (χ1) is 10.6. The zero-order valence-corrected chi connectivity index (χ0v) is 13.6. The normalized spacial score (nSPS) is 8.77. The van der Waals surface area contributed by atoms with Crippen LogP contribution in [0, 0.1) is 41.9 Å². The Kier molecular flexibility index (Phi) is 10.8. The van der Waals surface area contributed by atoms with E-state index in [1.165, 1.54) is 11.1 Å². The van der Waals surface area contributed by atoms with E-state index in [4.69, 9.17) is 15.9 Å². The number of hydrogen-bond acceptors (Lipinski definition) is 5. The lowest BCUT2D eigenvalue weighted by atomic mass is 10.1. The maximum absolute atomic E-state index is 8.64. The van der Waals surface area contributed by atoms with Gasteiger partial charge in [0.15, 0.2) is 6.40 Å². The predicted octanol–water partition coefficient (Wildman–Crippen LogP) is 3.57. The summed E-state index contributed by atoms with van der Waals surface area (Å²) in [5, 5.41) is 23.5. The molecule has 0 saturated carbocycles. The fraction of sp³-hybridized carbons (Fsp3) is 0.471. The molecule has 0 aliphatic rings. The molecule has 0 aliphatic heterocycles. The number of nitrogens with zero attached hydrogens (tertiary/aromatic N) is 3. The van der Waals surface area contributed by atoms with Gasteiger partial charge in [0.25, 0.3) is 0 Å². The lowest BCUT2D eigenvalue weighted by Gasteiger charge is -2.23. The first-order valence-corrected chi connectivity index (χ1v) is 7.27. The van der Waals surface area contributed by atoms with Gasteiger partial charge in [0, 0.05) is 18.8 Å². The molecule has 118 valence electrons. The van der Waals surface area contributed by atoms with E-state index in [2.05, 4.69) is 53.8 Å². The van der Waals surface area contributed by atoms with Crippen LogP contribution in [0.2, 0.25) is 0 Å². The topological polar surface area (TPSA) is 83.9 Å². The molecule has 5 nitrogen and oxygen atoms in total. The highest BCUT2D eigenvalue weighted by molar-refractivity contribution is 5.50. The summed E-state index contributed by atoms with van der Waals surface area (Å²) < 4.78 is 4.38. The first-order valence-electron chi connectivity index (χ1n) is 7.27. The summed E-state index contributed by atoms with van der Waals surface area (Å²) in [6.45, 7) is 7.95. The Bertz CT molecular complexity index is 510. The predicted molar refractivity (Wildman–Crippen MR) is 89.0 cm³/mol. The van der Waals surface area contributed by atoms with Gasteiger partial charge in [-0.2, -0.15) is 10.5 Å². The summed E-state index contributed by atoms with van der Waals surface area (Å²) in [6.07, 6.45) is 1.90. The van der Waals surface area contributed by atoms with Crippen molar-refractivity contribution in [2.24, 2.45) is 0 Å². The second-order valence-electron chi connectivity index (χ2n) is 4.65. The summed E-state index contributed by atoms with van der Waals surface area (Å²) in [6, 6.07) is 10.5. The number of ether oxygens (including phenoxy) is 1. The van der Waals surface area contributed by atoms with Crippen molar-refractivity contribution in [2.45, 2.75) is 33.6 Å². The molecule has 0 fully saturated rings. The summed E-state index contributed by atoms with van der Waals surface area (Å²) in [7, 11) is 0. The minimum atomic E-state index is 0.484. The van der Waals surface area contributed by atoms with Gasteiger partial charge < -0.3 is 9.64 Å². The highest BCUT2D eigenvalue weighted by Gasteiger charge is 2.06. The van der Waals surface area contributed by atoms with Crippen LogP contribution in [0.25, 0.3) is 0 Å². The number of nitrogens with one attached hydrogen (secondary N) is 1. The molecule has 0 unspecified atom stereocenters. The highest BCUT2D eigenvalue weighted by atomic mass is 16.5. The molecule has 1 N–H and O–H groups in total. The molecule has 0 amide bonds. The number of anilines is 1. The molecule has 0 atom stereocenters. The van der Waals surface area contributed by atoms with Crippen LogP contribution in [0.3, 0.4) is 0 Å². The van der Waals surface area contributed by atoms with Gasteiger partial charge in [-0.25, -0.2) is 0 Å². The van der Waals surface area contributed by atoms with Crippen molar-refractivity contribution in [3.05, 3.63) is 29.3 Å². The summed E-state index contributed by atoms with van der Waals surface area (Å²) in [4.78, 5) is 2.10. The van der Waals surface area contributed by atoms with Crippen LogP contribution in [0.1, 0.15) is 30.9 Å². The van der Waals surface area contributed by atoms with Crippen LogP contribution in [0.5, 0.6) is 0 Å². The fourth-order valence-corrected chi connectivity index (χ4v) is 1.75. The SMILES string of the molecule is CCOC=N.Cc1ccc(N(CCC#N)CCC#N)cc1C. The lowest BCUT2D eigenvalue weighted by molar-refractivity contribution is 0.341. The summed E-state index contributed by atoms with van der Waals surface area (Å²) >= 11 is 0. The third kappa shape index (κ3) is 7.91. The third-order valence-corrected chi connectivity index (χ3v) is 3.09. The molecule has 0 radical (unpaired) electrons. The Balaban J connectivity index is 0.000000763. The van der Waals surface area contributed by atoms with Crippen LogP contribution in [-0.4, -0.2) is 26.1 Å². The van der Waals surface area contributed by atoms with E-state index in [1.54, 1.807) is 0 Å². The average Bonchev–Trinajstić information content (AvgIpc) is 2.52. The Morgan fingerprint density at radius 2 is 1.73 bits per heavy atom. The monoisotopic (exact) mass is 300 g/mol. The van der Waals surface area contributed by atoms with E-state index in [9.17, 15) is 0 Å². The van der Waals surface area contributed by atoms with E-state index in [0.29, 0.717) is 32.5 Å². The smallest absolute Gasteiger partial charge is 0.166 e. The molecule has 0 saturated heterocycles. The molecule has 22 heavy (non-hydrogen) atoms. The Labute approximate surface area is 133 Å². The van der Waals surface area contributed by atoms with Crippen LogP contribution >= 0.6 is 0 Å². The highest BCUT2D eigenvalue weighted by Crippen LogP contribution is 2.19. The number of benzene rings is 1. The van der Waals surface area contributed by atoms with Crippen molar-refractivity contribution in [1.82, 2.24) is 0 Å². The Hall–Kier alpha value is -2.53. The minimum absolute atomic E-state index is 0.484. The number of rotatable bonds is 7. The maximum Gasteiger partial charge on any atom is 0.166 e. The lowest BCUT2D eigenvalue weighted by Crippen LogP contribution is -2.25. The molecule has 5 heteroatoms. The molecule has 0 spiro atoms. The van der Waals surface area contributed by atoms with Gasteiger partial charge in [0.1, 0.15) is 0 Å². The second-order valence-corrected chi connectivity index (χ2v) is 4.65. The zero-order chi connectivity index (χ0) is 16.8. The number of nitriles is 2. The van der Waals surface area contributed by atoms with Gasteiger partial charge in [0.05, 0.1) is 31.6 Å². The third-order valence-electron chi connectivity index (χ3n) is 3.09. The molecule has 0 heterocycles. The fourth-order valence-electron chi connectivity index (χ4n) is 1.75. The van der Waals surface area contributed by atoms with E-state index < -0.39 is 0 Å². The zero-order valence-electron chi connectivity index (χ0n) is 13.6. The molecular weight excluding hydrogens is 276 g/mol. The van der Waals surface area contributed by atoms with Crippen LogP contribution < -0.4 is 4.90 Å². The summed E-state index contributed by atoms with van der Waals surface area (Å²) in [5.74, 6) is 0. The molecule has 1 aromatic rings. The second kappa shape index (κ2) is 12.2. The van der Waals surface area contributed by atoms with E-state index in [-0.39, 0.29) is 0 Å². The molecule has 1 rings (SSSR count). The first kappa shape index (κ1) is 19.5. The molecular formula is C17H24N4O. The van der Waals surface area contributed by atoms with E-state index >= 15 is 0 Å².